The van der Waals surface area contributed by atoms with Crippen molar-refractivity contribution in [3.8, 4) is 0 Å². The predicted octanol–water partition coefficient (Wildman–Crippen LogP) is -0.480. The molecule has 0 bridgehead atoms. The first kappa shape index (κ1) is 13.1. The summed E-state index contributed by atoms with van der Waals surface area (Å²) in [5, 5.41) is 8.94. The highest BCUT2D eigenvalue weighted by molar-refractivity contribution is 5.87. The number of aromatic nitrogens is 1. The van der Waals surface area contributed by atoms with Crippen LogP contribution >= 0.6 is 0 Å². The van der Waals surface area contributed by atoms with Gasteiger partial charge in [0.1, 0.15) is 12.2 Å². The van der Waals surface area contributed by atoms with Gasteiger partial charge in [0.2, 0.25) is 11.8 Å². The van der Waals surface area contributed by atoms with Crippen LogP contribution in [0.25, 0.3) is 0 Å². The van der Waals surface area contributed by atoms with Gasteiger partial charge in [-0.15, -0.1) is 0 Å². The van der Waals surface area contributed by atoms with Crippen molar-refractivity contribution in [2.45, 2.75) is 13.0 Å². The average molecular weight is 265 g/mol. The van der Waals surface area contributed by atoms with E-state index in [1.807, 2.05) is 0 Å². The maximum atomic E-state index is 12.0. The Kier molecular flexibility index (Phi) is 3.55. The summed E-state index contributed by atoms with van der Waals surface area (Å²) in [7, 11) is 0. The Labute approximate surface area is 109 Å². The molecular weight excluding hydrogens is 250 g/mol. The van der Waals surface area contributed by atoms with Crippen LogP contribution in [-0.4, -0.2) is 45.4 Å². The van der Waals surface area contributed by atoms with Crippen LogP contribution in [0.2, 0.25) is 0 Å². The van der Waals surface area contributed by atoms with E-state index >= 15 is 0 Å². The van der Waals surface area contributed by atoms with E-state index in [-0.39, 0.29) is 24.1 Å². The SMILES string of the molecule is NC(=O)C1CCN(C(=O)Cn2cccc2C(=O)O)C1. The number of nitrogens with zero attached hydrogens (tertiary/aromatic N) is 2. The van der Waals surface area contributed by atoms with Crippen molar-refractivity contribution < 1.29 is 19.5 Å². The summed E-state index contributed by atoms with van der Waals surface area (Å²) in [5.41, 5.74) is 5.27. The Morgan fingerprint density at radius 1 is 1.42 bits per heavy atom. The summed E-state index contributed by atoms with van der Waals surface area (Å²) >= 11 is 0. The third-order valence-corrected chi connectivity index (χ3v) is 3.30. The predicted molar refractivity (Wildman–Crippen MR) is 65.3 cm³/mol. The van der Waals surface area contributed by atoms with Gasteiger partial charge in [-0.25, -0.2) is 4.79 Å². The normalized spacial score (nSPS) is 18.5. The van der Waals surface area contributed by atoms with Gasteiger partial charge in [0.05, 0.1) is 5.92 Å². The second kappa shape index (κ2) is 5.13. The van der Waals surface area contributed by atoms with Crippen LogP contribution in [0.15, 0.2) is 18.3 Å². The molecule has 1 aliphatic heterocycles. The molecule has 3 N–H and O–H groups in total. The molecule has 1 fully saturated rings. The molecule has 0 saturated carbocycles. The second-order valence-electron chi connectivity index (χ2n) is 4.55. The van der Waals surface area contributed by atoms with Crippen molar-refractivity contribution in [1.82, 2.24) is 9.47 Å². The molecule has 2 amide bonds. The molecule has 7 heteroatoms. The highest BCUT2D eigenvalue weighted by atomic mass is 16.4. The van der Waals surface area contributed by atoms with Gasteiger partial charge < -0.3 is 20.3 Å². The van der Waals surface area contributed by atoms with Gasteiger partial charge in [0, 0.05) is 19.3 Å². The minimum atomic E-state index is -1.07. The van der Waals surface area contributed by atoms with E-state index < -0.39 is 11.9 Å². The van der Waals surface area contributed by atoms with Crippen LogP contribution < -0.4 is 5.73 Å². The molecule has 19 heavy (non-hydrogen) atoms. The average Bonchev–Trinajstić information content (AvgIpc) is 2.96. The first-order valence-corrected chi connectivity index (χ1v) is 5.94. The number of likely N-dealkylation sites (tertiary alicyclic amines) is 1. The molecule has 102 valence electrons. The molecule has 0 aromatic carbocycles. The van der Waals surface area contributed by atoms with Crippen molar-refractivity contribution in [2.75, 3.05) is 13.1 Å². The minimum absolute atomic E-state index is 0.0416. The van der Waals surface area contributed by atoms with Gasteiger partial charge in [-0.2, -0.15) is 0 Å². The zero-order valence-corrected chi connectivity index (χ0v) is 10.3. The number of carboxylic acids is 1. The zero-order valence-electron chi connectivity index (χ0n) is 10.3. The summed E-state index contributed by atoms with van der Waals surface area (Å²) in [6.45, 7) is 0.758. The molecule has 7 nitrogen and oxygen atoms in total. The maximum absolute atomic E-state index is 12.0. The number of amides is 2. The Balaban J connectivity index is 2.00. The van der Waals surface area contributed by atoms with E-state index in [0.717, 1.165) is 0 Å². The van der Waals surface area contributed by atoms with Gasteiger partial charge >= 0.3 is 5.97 Å². The fourth-order valence-electron chi connectivity index (χ4n) is 2.21. The molecule has 0 aliphatic carbocycles. The number of aromatic carboxylic acids is 1. The van der Waals surface area contributed by atoms with E-state index in [9.17, 15) is 14.4 Å². The van der Waals surface area contributed by atoms with Crippen molar-refractivity contribution in [3.05, 3.63) is 24.0 Å². The fourth-order valence-corrected chi connectivity index (χ4v) is 2.21. The van der Waals surface area contributed by atoms with Gasteiger partial charge in [-0.1, -0.05) is 0 Å². The molecule has 2 rings (SSSR count). The number of hydrogen-bond donors (Lipinski definition) is 2. The number of primary amides is 1. The Hall–Kier alpha value is -2.31. The van der Waals surface area contributed by atoms with Crippen molar-refractivity contribution in [2.24, 2.45) is 11.7 Å². The van der Waals surface area contributed by atoms with Crippen LogP contribution in [0, 0.1) is 5.92 Å². The molecular formula is C12H15N3O4. The first-order chi connectivity index (χ1) is 8.99. The van der Waals surface area contributed by atoms with Gasteiger partial charge in [-0.3, -0.25) is 9.59 Å². The third-order valence-electron chi connectivity index (χ3n) is 3.30. The van der Waals surface area contributed by atoms with Gasteiger partial charge in [0.15, 0.2) is 0 Å². The van der Waals surface area contributed by atoms with Gasteiger partial charge in [0.25, 0.3) is 0 Å². The first-order valence-electron chi connectivity index (χ1n) is 5.94. The number of carboxylic acid groups (broad SMARTS) is 1. The summed E-state index contributed by atoms with van der Waals surface area (Å²) in [6.07, 6.45) is 2.11. The molecule has 0 spiro atoms. The molecule has 1 aromatic rings. The van der Waals surface area contributed by atoms with Crippen LogP contribution in [-0.2, 0) is 16.1 Å². The lowest BCUT2D eigenvalue weighted by Crippen LogP contribution is -2.34. The minimum Gasteiger partial charge on any atom is -0.477 e. The molecule has 0 radical (unpaired) electrons. The highest BCUT2D eigenvalue weighted by Crippen LogP contribution is 2.16. The largest absolute Gasteiger partial charge is 0.477 e. The van der Waals surface area contributed by atoms with Crippen molar-refractivity contribution in [1.29, 1.82) is 0 Å². The van der Waals surface area contributed by atoms with Gasteiger partial charge in [-0.05, 0) is 18.6 Å². The molecule has 1 saturated heterocycles. The Morgan fingerprint density at radius 2 is 2.16 bits per heavy atom. The Bertz CT molecular complexity index is 523. The second-order valence-corrected chi connectivity index (χ2v) is 4.55. The topological polar surface area (TPSA) is 106 Å². The lowest BCUT2D eigenvalue weighted by Gasteiger charge is -2.17. The number of rotatable bonds is 4. The van der Waals surface area contributed by atoms with Crippen molar-refractivity contribution >= 4 is 17.8 Å². The van der Waals surface area contributed by atoms with Crippen LogP contribution in [0.4, 0.5) is 0 Å². The van der Waals surface area contributed by atoms with E-state index in [0.29, 0.717) is 19.5 Å². The monoisotopic (exact) mass is 265 g/mol. The molecule has 1 aromatic heterocycles. The fraction of sp³-hybridized carbons (Fsp3) is 0.417. The van der Waals surface area contributed by atoms with Crippen LogP contribution in [0.5, 0.6) is 0 Å². The number of carbonyl (C=O) groups is 3. The smallest absolute Gasteiger partial charge is 0.352 e. The van der Waals surface area contributed by atoms with Crippen LogP contribution in [0.1, 0.15) is 16.9 Å². The lowest BCUT2D eigenvalue weighted by molar-refractivity contribution is -0.131. The zero-order chi connectivity index (χ0) is 14.0. The molecule has 1 atom stereocenters. The summed E-state index contributed by atoms with van der Waals surface area (Å²) in [4.78, 5) is 35.5. The standard InChI is InChI=1S/C12H15N3O4/c13-11(17)8-3-5-15(6-8)10(16)7-14-4-1-2-9(14)12(18)19/h1-2,4,8H,3,5-7H2,(H2,13,17)(H,18,19). The van der Waals surface area contributed by atoms with E-state index in [1.54, 1.807) is 17.2 Å². The van der Waals surface area contributed by atoms with Crippen LogP contribution in [0.3, 0.4) is 0 Å². The van der Waals surface area contributed by atoms with Crippen molar-refractivity contribution in [3.63, 3.8) is 0 Å². The third kappa shape index (κ3) is 2.75. The number of nitrogens with two attached hydrogens (primary N) is 1. The molecule has 2 heterocycles. The van der Waals surface area contributed by atoms with E-state index in [1.165, 1.54) is 10.6 Å². The van der Waals surface area contributed by atoms with E-state index in [2.05, 4.69) is 0 Å². The lowest BCUT2D eigenvalue weighted by atomic mass is 10.1. The summed E-state index contributed by atoms with van der Waals surface area (Å²) < 4.78 is 1.38. The maximum Gasteiger partial charge on any atom is 0.352 e. The summed E-state index contributed by atoms with van der Waals surface area (Å²) in [5.74, 6) is -1.98. The molecule has 1 aliphatic rings. The van der Waals surface area contributed by atoms with E-state index in [4.69, 9.17) is 10.8 Å². The summed E-state index contributed by atoms with van der Waals surface area (Å²) in [6, 6.07) is 3.01. The Morgan fingerprint density at radius 3 is 2.74 bits per heavy atom. The number of carbonyl (C=O) groups excluding carboxylic acids is 2. The number of hydrogen-bond acceptors (Lipinski definition) is 3. The highest BCUT2D eigenvalue weighted by Gasteiger charge is 2.29. The quantitative estimate of drug-likeness (QED) is 0.766. The molecule has 1 unspecified atom stereocenters.